The molecule has 0 N–H and O–H groups in total. The molecule has 6 nitrogen and oxygen atoms in total. The van der Waals surface area contributed by atoms with E-state index in [1.165, 1.54) is 22.7 Å². The van der Waals surface area contributed by atoms with Crippen LogP contribution >= 0.6 is 22.7 Å². The van der Waals surface area contributed by atoms with Gasteiger partial charge in [-0.25, -0.2) is 9.79 Å². The smallest absolute Gasteiger partial charge is 0.338 e. The van der Waals surface area contributed by atoms with E-state index in [4.69, 9.17) is 4.74 Å². The Labute approximate surface area is 192 Å². The van der Waals surface area contributed by atoms with Gasteiger partial charge in [0.2, 0.25) is 0 Å². The number of nitrogens with zero attached hydrogens (tertiary/aromatic N) is 3. The van der Waals surface area contributed by atoms with Gasteiger partial charge in [-0.3, -0.25) is 9.36 Å². The molecule has 0 radical (unpaired) electrons. The average molecular weight is 464 g/mol. The lowest BCUT2D eigenvalue weighted by molar-refractivity contribution is -0.139. The van der Waals surface area contributed by atoms with Gasteiger partial charge in [0.15, 0.2) is 4.80 Å². The summed E-state index contributed by atoms with van der Waals surface area (Å²) in [5.74, 6) is -0.435. The Morgan fingerprint density at radius 3 is 2.81 bits per heavy atom. The van der Waals surface area contributed by atoms with Gasteiger partial charge in [-0.1, -0.05) is 35.6 Å². The van der Waals surface area contributed by atoms with Gasteiger partial charge in [0.25, 0.3) is 5.56 Å². The number of para-hydroxylation sites is 1. The molecule has 0 aliphatic carbocycles. The molecule has 1 aliphatic rings. The van der Waals surface area contributed by atoms with E-state index in [1.807, 2.05) is 49.0 Å². The zero-order valence-electron chi connectivity index (χ0n) is 17.9. The van der Waals surface area contributed by atoms with Crippen molar-refractivity contribution in [1.82, 2.24) is 9.13 Å². The zero-order chi connectivity index (χ0) is 22.4. The van der Waals surface area contributed by atoms with Gasteiger partial charge in [-0.2, -0.15) is 0 Å². The molecule has 5 rings (SSSR count). The van der Waals surface area contributed by atoms with Crippen molar-refractivity contribution in [2.75, 3.05) is 6.61 Å². The van der Waals surface area contributed by atoms with E-state index in [9.17, 15) is 9.59 Å². The number of fused-ring (bicyclic) bond motifs is 2. The molecule has 0 amide bonds. The second-order valence-corrected chi connectivity index (χ2v) is 9.52. The minimum absolute atomic E-state index is 0.158. The van der Waals surface area contributed by atoms with Crippen LogP contribution in [-0.4, -0.2) is 21.7 Å². The Hall–Kier alpha value is -3.23. The molecule has 1 aromatic carbocycles. The number of esters is 1. The number of carbonyl (C=O) groups is 1. The molecular weight excluding hydrogens is 442 g/mol. The third kappa shape index (κ3) is 3.27. The maximum Gasteiger partial charge on any atom is 0.338 e. The topological polar surface area (TPSA) is 65.6 Å². The molecule has 0 unspecified atom stereocenters. The summed E-state index contributed by atoms with van der Waals surface area (Å²) in [5, 5.41) is 3.03. The van der Waals surface area contributed by atoms with Crippen LogP contribution in [0.4, 0.5) is 0 Å². The Morgan fingerprint density at radius 2 is 2.06 bits per heavy atom. The quantitative estimate of drug-likeness (QED) is 0.436. The largest absolute Gasteiger partial charge is 0.463 e. The Balaban J connectivity index is 1.74. The van der Waals surface area contributed by atoms with E-state index in [1.54, 1.807) is 18.4 Å². The number of thiazole rings is 1. The average Bonchev–Trinajstić information content (AvgIpc) is 3.48. The molecule has 32 heavy (non-hydrogen) atoms. The fourth-order valence-corrected chi connectivity index (χ4v) is 6.00. The van der Waals surface area contributed by atoms with E-state index in [0.29, 0.717) is 20.6 Å². The highest BCUT2D eigenvalue weighted by Crippen LogP contribution is 2.33. The van der Waals surface area contributed by atoms with Crippen LogP contribution in [0.3, 0.4) is 0 Å². The normalized spacial score (nSPS) is 16.3. The molecular formula is C24H21N3O3S2. The van der Waals surface area contributed by atoms with Crippen molar-refractivity contribution in [3.63, 3.8) is 0 Å². The number of rotatable bonds is 4. The predicted octanol–water partition coefficient (Wildman–Crippen LogP) is 3.35. The molecule has 4 heterocycles. The lowest BCUT2D eigenvalue weighted by Crippen LogP contribution is -2.39. The highest BCUT2D eigenvalue weighted by atomic mass is 32.1. The second-order valence-electron chi connectivity index (χ2n) is 7.53. The van der Waals surface area contributed by atoms with Crippen LogP contribution in [0.5, 0.6) is 0 Å². The minimum Gasteiger partial charge on any atom is -0.463 e. The van der Waals surface area contributed by atoms with Crippen LogP contribution in [0.25, 0.3) is 17.0 Å². The first-order chi connectivity index (χ1) is 15.5. The Bertz CT molecular complexity index is 1550. The van der Waals surface area contributed by atoms with Crippen molar-refractivity contribution in [3.05, 3.63) is 89.4 Å². The molecule has 0 bridgehead atoms. The molecule has 0 saturated heterocycles. The molecule has 4 aromatic rings. The van der Waals surface area contributed by atoms with Gasteiger partial charge >= 0.3 is 5.97 Å². The molecule has 1 atom stereocenters. The number of carbonyl (C=O) groups excluding carboxylic acids is 1. The van der Waals surface area contributed by atoms with Crippen LogP contribution in [0, 0.1) is 0 Å². The van der Waals surface area contributed by atoms with Crippen molar-refractivity contribution in [2.24, 2.45) is 12.0 Å². The van der Waals surface area contributed by atoms with Gasteiger partial charge in [-0.05, 0) is 37.4 Å². The van der Waals surface area contributed by atoms with Crippen LogP contribution in [0.15, 0.2) is 69.0 Å². The first kappa shape index (κ1) is 20.7. The summed E-state index contributed by atoms with van der Waals surface area (Å²) in [6.07, 6.45) is 3.94. The molecule has 0 saturated carbocycles. The van der Waals surface area contributed by atoms with Crippen molar-refractivity contribution >= 4 is 45.6 Å². The first-order valence-electron chi connectivity index (χ1n) is 10.3. The van der Waals surface area contributed by atoms with Crippen LogP contribution in [0.2, 0.25) is 0 Å². The van der Waals surface area contributed by atoms with Gasteiger partial charge in [-0.15, -0.1) is 11.3 Å². The molecule has 3 aromatic heterocycles. The number of thiophene rings is 1. The van der Waals surface area contributed by atoms with Crippen molar-refractivity contribution < 1.29 is 9.53 Å². The number of benzene rings is 1. The minimum atomic E-state index is -0.542. The third-order valence-corrected chi connectivity index (χ3v) is 7.45. The number of aromatic nitrogens is 2. The van der Waals surface area contributed by atoms with E-state index in [2.05, 4.69) is 21.7 Å². The maximum atomic E-state index is 13.6. The van der Waals surface area contributed by atoms with Crippen LogP contribution in [-0.2, 0) is 16.6 Å². The summed E-state index contributed by atoms with van der Waals surface area (Å²) in [7, 11) is 1.99. The third-order valence-electron chi connectivity index (χ3n) is 5.54. The SMILES string of the molecule is CCOC(=O)C1=C(C)N=c2s/c(=C/c3cn(C)c4ccccc34)c(=O)n2[C@@H]1c1cccs1. The summed E-state index contributed by atoms with van der Waals surface area (Å²) >= 11 is 2.85. The second kappa shape index (κ2) is 8.03. The lowest BCUT2D eigenvalue weighted by atomic mass is 10.0. The fraction of sp³-hybridized carbons (Fsp3) is 0.208. The van der Waals surface area contributed by atoms with E-state index in [0.717, 1.165) is 21.3 Å². The van der Waals surface area contributed by atoms with Gasteiger partial charge < -0.3 is 9.30 Å². The predicted molar refractivity (Wildman–Crippen MR) is 128 cm³/mol. The Morgan fingerprint density at radius 1 is 1.25 bits per heavy atom. The monoisotopic (exact) mass is 463 g/mol. The van der Waals surface area contributed by atoms with Gasteiger partial charge in [0, 0.05) is 34.6 Å². The summed E-state index contributed by atoms with van der Waals surface area (Å²) in [6.45, 7) is 3.83. The number of aryl methyl sites for hydroxylation is 1. The standard InChI is InChI=1S/C24H21N3O3S2/c1-4-30-23(29)20-14(2)25-24-27(21(20)18-10-7-11-31-18)22(28)19(32-24)12-15-13-26(3)17-9-6-5-8-16(15)17/h5-13,21H,4H2,1-3H3/b19-12+/t21-/m1/s1. The number of hydrogen-bond acceptors (Lipinski definition) is 6. The van der Waals surface area contributed by atoms with E-state index >= 15 is 0 Å². The Kier molecular flexibility index (Phi) is 5.19. The lowest BCUT2D eigenvalue weighted by Gasteiger charge is -2.23. The van der Waals surface area contributed by atoms with Crippen LogP contribution < -0.4 is 14.9 Å². The number of hydrogen-bond donors (Lipinski definition) is 0. The van der Waals surface area contributed by atoms with Gasteiger partial charge in [0.1, 0.15) is 6.04 Å². The highest BCUT2D eigenvalue weighted by Gasteiger charge is 2.33. The first-order valence-corrected chi connectivity index (χ1v) is 12.0. The summed E-state index contributed by atoms with van der Waals surface area (Å²) in [4.78, 5) is 32.5. The number of ether oxygens (including phenoxy) is 1. The van der Waals surface area contributed by atoms with Gasteiger partial charge in [0.05, 0.1) is 22.4 Å². The fourth-order valence-electron chi connectivity index (χ4n) is 4.14. The molecule has 0 spiro atoms. The van der Waals surface area contributed by atoms with Crippen molar-refractivity contribution in [2.45, 2.75) is 19.9 Å². The van der Waals surface area contributed by atoms with E-state index < -0.39 is 12.0 Å². The summed E-state index contributed by atoms with van der Waals surface area (Å²) in [6, 6.07) is 11.4. The highest BCUT2D eigenvalue weighted by molar-refractivity contribution is 7.10. The van der Waals surface area contributed by atoms with Crippen molar-refractivity contribution in [1.29, 1.82) is 0 Å². The van der Waals surface area contributed by atoms with Crippen LogP contribution in [0.1, 0.15) is 30.3 Å². The molecule has 162 valence electrons. The molecule has 1 aliphatic heterocycles. The summed E-state index contributed by atoms with van der Waals surface area (Å²) in [5.41, 5.74) is 2.92. The zero-order valence-corrected chi connectivity index (χ0v) is 19.5. The summed E-state index contributed by atoms with van der Waals surface area (Å²) < 4.78 is 9.58. The maximum absolute atomic E-state index is 13.6. The van der Waals surface area contributed by atoms with Crippen molar-refractivity contribution in [3.8, 4) is 0 Å². The number of allylic oxidation sites excluding steroid dienone is 1. The molecule has 0 fully saturated rings. The molecule has 8 heteroatoms. The van der Waals surface area contributed by atoms with E-state index in [-0.39, 0.29) is 12.2 Å².